The number of sulfonamides is 1. The lowest BCUT2D eigenvalue weighted by Crippen LogP contribution is -2.53. The van der Waals surface area contributed by atoms with Crippen molar-refractivity contribution in [3.05, 3.63) is 16.5 Å². The van der Waals surface area contributed by atoms with Crippen molar-refractivity contribution >= 4 is 26.0 Å². The van der Waals surface area contributed by atoms with E-state index in [0.717, 1.165) is 13.1 Å². The second kappa shape index (κ2) is 6.15. The van der Waals surface area contributed by atoms with Gasteiger partial charge in [0.15, 0.2) is 4.67 Å². The number of aliphatic hydroxyl groups is 1. The molecule has 1 aromatic rings. The van der Waals surface area contributed by atoms with E-state index >= 15 is 0 Å². The van der Waals surface area contributed by atoms with Gasteiger partial charge in [-0.05, 0) is 29.4 Å². The first-order valence-corrected chi connectivity index (χ1v) is 8.76. The van der Waals surface area contributed by atoms with Gasteiger partial charge in [0.25, 0.3) is 0 Å². The number of furan rings is 1. The lowest BCUT2D eigenvalue weighted by molar-refractivity contribution is 0.135. The zero-order valence-electron chi connectivity index (χ0n) is 11.5. The topological polar surface area (TPSA) is 74.0 Å². The third kappa shape index (κ3) is 2.94. The van der Waals surface area contributed by atoms with Gasteiger partial charge in [-0.15, -0.1) is 0 Å². The predicted molar refractivity (Wildman–Crippen MR) is 77.8 cm³/mol. The molecule has 2 rings (SSSR count). The number of hydrogen-bond donors (Lipinski definition) is 1. The van der Waals surface area contributed by atoms with Crippen LogP contribution < -0.4 is 0 Å². The maximum absolute atomic E-state index is 12.6. The average molecular weight is 367 g/mol. The first-order valence-electron chi connectivity index (χ1n) is 6.53. The fourth-order valence-electron chi connectivity index (χ4n) is 2.44. The quantitative estimate of drug-likeness (QED) is 0.867. The molecular weight excluding hydrogens is 348 g/mol. The van der Waals surface area contributed by atoms with Crippen LogP contribution in [0.4, 0.5) is 0 Å². The molecule has 1 N–H and O–H groups in total. The lowest BCUT2D eigenvalue weighted by atomic mass is 10.2. The molecule has 1 aliphatic heterocycles. The summed E-state index contributed by atoms with van der Waals surface area (Å²) in [6.07, 6.45) is 0. The molecule has 0 saturated carbocycles. The van der Waals surface area contributed by atoms with Gasteiger partial charge in [0.2, 0.25) is 10.0 Å². The summed E-state index contributed by atoms with van der Waals surface area (Å²) < 4.78 is 32.0. The molecule has 20 heavy (non-hydrogen) atoms. The smallest absolute Gasteiger partial charge is 0.247 e. The number of piperazine rings is 1. The van der Waals surface area contributed by atoms with Gasteiger partial charge < -0.3 is 9.52 Å². The fourth-order valence-corrected chi connectivity index (χ4v) is 4.91. The van der Waals surface area contributed by atoms with Crippen molar-refractivity contribution in [2.75, 3.05) is 26.2 Å². The minimum Gasteiger partial charge on any atom is -0.450 e. The van der Waals surface area contributed by atoms with Crippen LogP contribution in [0.5, 0.6) is 0 Å². The Bertz CT molecular complexity index is 572. The largest absolute Gasteiger partial charge is 0.450 e. The lowest BCUT2D eigenvalue weighted by Gasteiger charge is -2.38. The summed E-state index contributed by atoms with van der Waals surface area (Å²) in [7, 11) is -3.59. The Morgan fingerprint density at radius 2 is 2.20 bits per heavy atom. The van der Waals surface area contributed by atoms with Gasteiger partial charge >= 0.3 is 0 Å². The highest BCUT2D eigenvalue weighted by Gasteiger charge is 2.34. The van der Waals surface area contributed by atoms with Crippen LogP contribution in [0.1, 0.15) is 19.6 Å². The molecule has 114 valence electrons. The summed E-state index contributed by atoms with van der Waals surface area (Å²) in [5.41, 5.74) is 0. The zero-order chi connectivity index (χ0) is 14.9. The van der Waals surface area contributed by atoms with E-state index in [-0.39, 0.29) is 28.0 Å². The molecule has 0 amide bonds. The highest BCUT2D eigenvalue weighted by atomic mass is 79.9. The molecule has 1 aliphatic rings. The van der Waals surface area contributed by atoms with Crippen molar-refractivity contribution < 1.29 is 17.9 Å². The van der Waals surface area contributed by atoms with Crippen molar-refractivity contribution in [3.8, 4) is 0 Å². The first kappa shape index (κ1) is 16.0. The van der Waals surface area contributed by atoms with Crippen molar-refractivity contribution in [1.82, 2.24) is 9.21 Å². The van der Waals surface area contributed by atoms with Crippen molar-refractivity contribution in [2.24, 2.45) is 0 Å². The van der Waals surface area contributed by atoms with Crippen LogP contribution in [0.2, 0.25) is 0 Å². The SMILES string of the molecule is CCN1CCN(S(=O)(=O)c2cc(CO)oc2Br)CC1C. The van der Waals surface area contributed by atoms with Gasteiger partial charge in [0.05, 0.1) is 0 Å². The molecule has 1 unspecified atom stereocenters. The van der Waals surface area contributed by atoms with E-state index in [1.807, 2.05) is 6.92 Å². The van der Waals surface area contributed by atoms with Crippen LogP contribution in [0.3, 0.4) is 0 Å². The molecule has 1 atom stereocenters. The van der Waals surface area contributed by atoms with E-state index in [1.54, 1.807) is 0 Å². The van der Waals surface area contributed by atoms with E-state index in [0.29, 0.717) is 13.1 Å². The standard InChI is InChI=1S/C12H19BrN2O4S/c1-3-14-4-5-15(7-9(14)2)20(17,18)11-6-10(8-16)19-12(11)13/h6,9,16H,3-5,7-8H2,1-2H3. The molecule has 6 nitrogen and oxygen atoms in total. The van der Waals surface area contributed by atoms with E-state index < -0.39 is 10.0 Å². The van der Waals surface area contributed by atoms with Crippen LogP contribution in [-0.4, -0.2) is 55.0 Å². The molecule has 1 aromatic heterocycles. The second-order valence-corrected chi connectivity index (χ2v) is 7.48. The Morgan fingerprint density at radius 1 is 1.50 bits per heavy atom. The zero-order valence-corrected chi connectivity index (χ0v) is 13.9. The van der Waals surface area contributed by atoms with E-state index in [2.05, 4.69) is 27.8 Å². The Balaban J connectivity index is 2.25. The monoisotopic (exact) mass is 366 g/mol. The number of likely N-dealkylation sites (N-methyl/N-ethyl adjacent to an activating group) is 1. The van der Waals surface area contributed by atoms with Gasteiger partial charge in [0, 0.05) is 31.7 Å². The Kier molecular flexibility index (Phi) is 4.91. The molecule has 1 fully saturated rings. The summed E-state index contributed by atoms with van der Waals surface area (Å²) in [4.78, 5) is 2.33. The van der Waals surface area contributed by atoms with Crippen LogP contribution in [0.15, 0.2) is 20.0 Å². The molecule has 2 heterocycles. The van der Waals surface area contributed by atoms with Crippen molar-refractivity contribution in [3.63, 3.8) is 0 Å². The molecule has 0 bridgehead atoms. The predicted octanol–water partition coefficient (Wildman–Crippen LogP) is 1.25. The van der Waals surface area contributed by atoms with Gasteiger partial charge in [0.1, 0.15) is 17.3 Å². The summed E-state index contributed by atoms with van der Waals surface area (Å²) in [5.74, 6) is 0.232. The number of rotatable bonds is 4. The Morgan fingerprint density at radius 3 is 2.70 bits per heavy atom. The Labute approximate surface area is 127 Å². The minimum atomic E-state index is -3.59. The van der Waals surface area contributed by atoms with Crippen molar-refractivity contribution in [2.45, 2.75) is 31.4 Å². The molecule has 0 aromatic carbocycles. The molecule has 0 aliphatic carbocycles. The maximum atomic E-state index is 12.6. The van der Waals surface area contributed by atoms with Crippen LogP contribution >= 0.6 is 15.9 Å². The molecular formula is C12H19BrN2O4S. The van der Waals surface area contributed by atoms with E-state index in [9.17, 15) is 8.42 Å². The average Bonchev–Trinajstić information content (AvgIpc) is 2.80. The highest BCUT2D eigenvalue weighted by molar-refractivity contribution is 9.10. The van der Waals surface area contributed by atoms with Gasteiger partial charge in [-0.2, -0.15) is 4.31 Å². The number of halogens is 1. The van der Waals surface area contributed by atoms with E-state index in [1.165, 1.54) is 10.4 Å². The van der Waals surface area contributed by atoms with Gasteiger partial charge in [-0.25, -0.2) is 8.42 Å². The third-order valence-corrected chi connectivity index (χ3v) is 6.34. The molecule has 0 radical (unpaired) electrons. The van der Waals surface area contributed by atoms with E-state index in [4.69, 9.17) is 9.52 Å². The number of hydrogen-bond acceptors (Lipinski definition) is 5. The third-order valence-electron chi connectivity index (χ3n) is 3.61. The number of aliphatic hydroxyl groups excluding tert-OH is 1. The molecule has 8 heteroatoms. The van der Waals surface area contributed by atoms with Crippen molar-refractivity contribution in [1.29, 1.82) is 0 Å². The Hall–Kier alpha value is -0.410. The maximum Gasteiger partial charge on any atom is 0.247 e. The summed E-state index contributed by atoms with van der Waals surface area (Å²) >= 11 is 3.11. The van der Waals surface area contributed by atoms with Crippen LogP contribution in [0.25, 0.3) is 0 Å². The summed E-state index contributed by atoms with van der Waals surface area (Å²) in [6.45, 7) is 6.33. The number of nitrogens with zero attached hydrogens (tertiary/aromatic N) is 2. The molecule has 0 spiro atoms. The van der Waals surface area contributed by atoms with Gasteiger partial charge in [-0.1, -0.05) is 6.92 Å². The van der Waals surface area contributed by atoms with Gasteiger partial charge in [-0.3, -0.25) is 4.90 Å². The minimum absolute atomic E-state index is 0.0821. The summed E-state index contributed by atoms with van der Waals surface area (Å²) in [6, 6.07) is 1.56. The second-order valence-electron chi connectivity index (χ2n) is 4.85. The highest BCUT2D eigenvalue weighted by Crippen LogP contribution is 2.29. The molecule has 1 saturated heterocycles. The summed E-state index contributed by atoms with van der Waals surface area (Å²) in [5, 5.41) is 9.03. The fraction of sp³-hybridized carbons (Fsp3) is 0.667. The first-order chi connectivity index (χ1) is 9.40. The van der Waals surface area contributed by atoms with Crippen LogP contribution in [-0.2, 0) is 16.6 Å². The normalized spacial score (nSPS) is 22.3. The van der Waals surface area contributed by atoms with Crippen LogP contribution in [0, 0.1) is 0 Å².